The smallest absolute Gasteiger partial charge is 0.260 e. The molecule has 0 amide bonds. The van der Waals surface area contributed by atoms with Gasteiger partial charge in [0.25, 0.3) is 0 Å². The first kappa shape index (κ1) is 15.9. The second kappa shape index (κ2) is 6.63. The van der Waals surface area contributed by atoms with Gasteiger partial charge in [-0.1, -0.05) is 29.8 Å². The van der Waals surface area contributed by atoms with Gasteiger partial charge in [0.15, 0.2) is 5.82 Å². The summed E-state index contributed by atoms with van der Waals surface area (Å²) in [6.07, 6.45) is 1.53. The highest BCUT2D eigenvalue weighted by atomic mass is 35.5. The van der Waals surface area contributed by atoms with E-state index >= 15 is 0 Å². The minimum absolute atomic E-state index is 0.277. The second-order valence-corrected chi connectivity index (χ2v) is 5.34. The first-order valence-corrected chi connectivity index (χ1v) is 7.47. The fraction of sp³-hybridized carbons (Fsp3) is 0.133. The third-order valence-electron chi connectivity index (χ3n) is 3.29. The van der Waals surface area contributed by atoms with E-state index in [1.54, 1.807) is 11.6 Å². The standard InChI is InChI=1S/C15H14ClN7O/c1-9-12(8-17-20-14-10(2)19-21-15(24)18-14)13(16)23(22-9)11-6-4-3-5-7-11/h3-8H,1-2H3,(H2,18,20,21,24)/b17-8-. The Labute approximate surface area is 142 Å². The molecule has 0 spiro atoms. The fourth-order valence-electron chi connectivity index (χ4n) is 2.05. The van der Waals surface area contributed by atoms with Crippen LogP contribution in [0.2, 0.25) is 5.15 Å². The van der Waals surface area contributed by atoms with Gasteiger partial charge in [0.1, 0.15) is 10.8 Å². The predicted molar refractivity (Wildman–Crippen MR) is 91.9 cm³/mol. The van der Waals surface area contributed by atoms with Crippen molar-refractivity contribution in [2.75, 3.05) is 5.43 Å². The molecule has 9 heteroatoms. The van der Waals surface area contributed by atoms with Crippen molar-refractivity contribution in [1.82, 2.24) is 25.0 Å². The van der Waals surface area contributed by atoms with Gasteiger partial charge < -0.3 is 0 Å². The molecule has 3 aromatic rings. The Morgan fingerprint density at radius 2 is 2.00 bits per heavy atom. The van der Waals surface area contributed by atoms with Gasteiger partial charge in [-0.05, 0) is 26.0 Å². The van der Waals surface area contributed by atoms with Crippen molar-refractivity contribution >= 4 is 23.6 Å². The van der Waals surface area contributed by atoms with Gasteiger partial charge in [0.05, 0.1) is 23.2 Å². The Morgan fingerprint density at radius 1 is 1.25 bits per heavy atom. The molecule has 2 heterocycles. The van der Waals surface area contributed by atoms with Gasteiger partial charge in [0.2, 0.25) is 0 Å². The van der Waals surface area contributed by atoms with Gasteiger partial charge in [0, 0.05) is 0 Å². The molecule has 0 atom stereocenters. The van der Waals surface area contributed by atoms with Crippen LogP contribution < -0.4 is 11.1 Å². The molecule has 3 rings (SSSR count). The summed E-state index contributed by atoms with van der Waals surface area (Å²) in [5, 5.41) is 15.0. The van der Waals surface area contributed by atoms with E-state index in [1.807, 2.05) is 37.3 Å². The van der Waals surface area contributed by atoms with Crippen LogP contribution in [-0.4, -0.2) is 31.2 Å². The van der Waals surface area contributed by atoms with E-state index in [0.717, 1.165) is 11.4 Å². The highest BCUT2D eigenvalue weighted by Crippen LogP contribution is 2.21. The molecule has 0 fully saturated rings. The average molecular weight is 344 g/mol. The number of anilines is 1. The number of para-hydroxylation sites is 1. The molecule has 0 unspecified atom stereocenters. The second-order valence-electron chi connectivity index (χ2n) is 4.98. The number of H-pyrrole nitrogens is 1. The molecular formula is C15H14ClN7O. The van der Waals surface area contributed by atoms with Crippen molar-refractivity contribution in [2.24, 2.45) is 5.10 Å². The van der Waals surface area contributed by atoms with Crippen molar-refractivity contribution in [2.45, 2.75) is 13.8 Å². The van der Waals surface area contributed by atoms with Crippen LogP contribution in [0.5, 0.6) is 0 Å². The van der Waals surface area contributed by atoms with Gasteiger partial charge in [-0.2, -0.15) is 20.3 Å². The maximum Gasteiger partial charge on any atom is 0.363 e. The molecule has 8 nitrogen and oxygen atoms in total. The van der Waals surface area contributed by atoms with Gasteiger partial charge in [-0.3, -0.25) is 5.43 Å². The monoisotopic (exact) mass is 343 g/mol. The number of rotatable bonds is 4. The third kappa shape index (κ3) is 3.18. The van der Waals surface area contributed by atoms with Crippen LogP contribution in [0.15, 0.2) is 40.2 Å². The molecule has 0 saturated heterocycles. The summed E-state index contributed by atoms with van der Waals surface area (Å²) in [6, 6.07) is 9.56. The lowest BCUT2D eigenvalue weighted by atomic mass is 10.3. The number of hydrazone groups is 1. The zero-order valence-electron chi connectivity index (χ0n) is 13.0. The minimum atomic E-state index is -0.551. The minimum Gasteiger partial charge on any atom is -0.260 e. The maximum absolute atomic E-state index is 11.2. The third-order valence-corrected chi connectivity index (χ3v) is 3.65. The molecule has 0 aliphatic heterocycles. The Hall–Kier alpha value is -3.00. The zero-order chi connectivity index (χ0) is 17.1. The lowest BCUT2D eigenvalue weighted by Gasteiger charge is -2.02. The van der Waals surface area contributed by atoms with Crippen molar-refractivity contribution in [3.8, 4) is 5.69 Å². The van der Waals surface area contributed by atoms with Crippen molar-refractivity contribution in [3.05, 3.63) is 62.9 Å². The Morgan fingerprint density at radius 3 is 2.75 bits per heavy atom. The summed E-state index contributed by atoms with van der Waals surface area (Å²) < 4.78 is 1.64. The summed E-state index contributed by atoms with van der Waals surface area (Å²) >= 11 is 6.40. The van der Waals surface area contributed by atoms with E-state index in [4.69, 9.17) is 11.6 Å². The van der Waals surface area contributed by atoms with Crippen molar-refractivity contribution in [3.63, 3.8) is 0 Å². The maximum atomic E-state index is 11.2. The molecule has 0 radical (unpaired) electrons. The number of halogens is 1. The highest BCUT2D eigenvalue weighted by molar-refractivity contribution is 6.32. The van der Waals surface area contributed by atoms with E-state index in [2.05, 4.69) is 30.8 Å². The zero-order valence-corrected chi connectivity index (χ0v) is 13.7. The first-order chi connectivity index (χ1) is 11.6. The largest absolute Gasteiger partial charge is 0.363 e. The average Bonchev–Trinajstić information content (AvgIpc) is 2.87. The van der Waals surface area contributed by atoms with Gasteiger partial charge >= 0.3 is 5.69 Å². The number of aromatic amines is 1. The van der Waals surface area contributed by atoms with Gasteiger partial charge in [-0.15, -0.1) is 0 Å². The number of nitrogens with zero attached hydrogens (tertiary/aromatic N) is 5. The summed E-state index contributed by atoms with van der Waals surface area (Å²) in [5.41, 5.74) is 4.91. The summed E-state index contributed by atoms with van der Waals surface area (Å²) in [6.45, 7) is 3.54. The summed E-state index contributed by atoms with van der Waals surface area (Å²) in [5.74, 6) is 0.277. The van der Waals surface area contributed by atoms with Crippen LogP contribution in [0, 0.1) is 13.8 Å². The van der Waals surface area contributed by atoms with E-state index in [1.165, 1.54) is 6.21 Å². The number of aryl methyl sites for hydroxylation is 2. The SMILES string of the molecule is Cc1n[nH]c(=O)nc1N/N=C\c1c(C)nn(-c2ccccc2)c1Cl. The molecule has 24 heavy (non-hydrogen) atoms. The molecule has 2 N–H and O–H groups in total. The van der Waals surface area contributed by atoms with Crippen molar-refractivity contribution in [1.29, 1.82) is 0 Å². The van der Waals surface area contributed by atoms with Crippen LogP contribution in [0.1, 0.15) is 17.0 Å². The van der Waals surface area contributed by atoms with E-state index in [9.17, 15) is 4.79 Å². The van der Waals surface area contributed by atoms with E-state index < -0.39 is 5.69 Å². The summed E-state index contributed by atoms with van der Waals surface area (Å²) in [7, 11) is 0. The predicted octanol–water partition coefficient (Wildman–Crippen LogP) is 2.07. The van der Waals surface area contributed by atoms with Crippen LogP contribution in [-0.2, 0) is 0 Å². The Balaban J connectivity index is 1.87. The topological polar surface area (TPSA) is 101 Å². The molecule has 0 saturated carbocycles. The highest BCUT2D eigenvalue weighted by Gasteiger charge is 2.13. The number of benzene rings is 1. The van der Waals surface area contributed by atoms with Crippen molar-refractivity contribution < 1.29 is 0 Å². The van der Waals surface area contributed by atoms with Crippen LogP contribution in [0.4, 0.5) is 5.82 Å². The first-order valence-electron chi connectivity index (χ1n) is 7.09. The fourth-order valence-corrected chi connectivity index (χ4v) is 2.37. The van der Waals surface area contributed by atoms with E-state index in [-0.39, 0.29) is 5.82 Å². The quantitative estimate of drug-likeness (QED) is 0.558. The Bertz CT molecular complexity index is 946. The molecule has 122 valence electrons. The van der Waals surface area contributed by atoms with Gasteiger partial charge in [-0.25, -0.2) is 14.6 Å². The number of aromatic nitrogens is 5. The molecule has 0 aliphatic carbocycles. The lowest BCUT2D eigenvalue weighted by molar-refractivity contribution is 0.863. The number of hydrogen-bond donors (Lipinski definition) is 2. The van der Waals surface area contributed by atoms with Crippen LogP contribution in [0.25, 0.3) is 5.69 Å². The Kier molecular flexibility index (Phi) is 4.39. The summed E-state index contributed by atoms with van der Waals surface area (Å²) in [4.78, 5) is 14.9. The van der Waals surface area contributed by atoms with Crippen LogP contribution in [0.3, 0.4) is 0 Å². The molecule has 1 aromatic carbocycles. The molecule has 2 aromatic heterocycles. The normalized spacial score (nSPS) is 11.1. The van der Waals surface area contributed by atoms with E-state index in [0.29, 0.717) is 16.4 Å². The molecule has 0 bridgehead atoms. The molecular weight excluding hydrogens is 330 g/mol. The van der Waals surface area contributed by atoms with Crippen LogP contribution >= 0.6 is 11.6 Å². The number of hydrogen-bond acceptors (Lipinski definition) is 6. The lowest BCUT2D eigenvalue weighted by Crippen LogP contribution is -2.15. The number of nitrogens with one attached hydrogen (secondary N) is 2. The molecule has 0 aliphatic rings.